The zero-order valence-electron chi connectivity index (χ0n) is 51.8. The van der Waals surface area contributed by atoms with Gasteiger partial charge in [-0.2, -0.15) is 0 Å². The molecule has 8 atom stereocenters. The van der Waals surface area contributed by atoms with Crippen LogP contribution in [0.3, 0.4) is 0 Å². The highest BCUT2D eigenvalue weighted by molar-refractivity contribution is 5.96. The summed E-state index contributed by atoms with van der Waals surface area (Å²) in [7, 11) is 1.75. The van der Waals surface area contributed by atoms with Gasteiger partial charge in [0.1, 0.15) is 11.8 Å². The summed E-state index contributed by atoms with van der Waals surface area (Å²) in [5.41, 5.74) is 4.78. The molecular weight excluding hydrogens is 1080 g/mol. The molecule has 0 unspecified atom stereocenters. The summed E-state index contributed by atoms with van der Waals surface area (Å²) < 4.78 is 0. The Balaban J connectivity index is 1.02. The van der Waals surface area contributed by atoms with Crippen LogP contribution < -0.4 is 21.3 Å². The Morgan fingerprint density at radius 3 is 1.41 bits per heavy atom. The van der Waals surface area contributed by atoms with Gasteiger partial charge in [-0.1, -0.05) is 137 Å². The van der Waals surface area contributed by atoms with Gasteiger partial charge >= 0.3 is 0 Å². The molecule has 4 aromatic carbocycles. The van der Waals surface area contributed by atoms with Crippen molar-refractivity contribution in [1.29, 1.82) is 0 Å². The minimum Gasteiger partial charge on any atom is -0.352 e. The summed E-state index contributed by atoms with van der Waals surface area (Å²) in [6, 6.07) is 32.3. The number of amides is 7. The normalized spacial score (nSPS) is 20.5. The van der Waals surface area contributed by atoms with Crippen molar-refractivity contribution >= 4 is 47.1 Å². The van der Waals surface area contributed by atoms with Crippen LogP contribution in [-0.4, -0.2) is 149 Å². The Morgan fingerprint density at radius 1 is 0.558 bits per heavy atom. The van der Waals surface area contributed by atoms with E-state index in [1.54, 1.807) is 7.05 Å². The quantitative estimate of drug-likeness (QED) is 0.0475. The van der Waals surface area contributed by atoms with Crippen LogP contribution in [0.2, 0.25) is 0 Å². The minimum absolute atomic E-state index is 0.000381. The smallest absolute Gasteiger partial charge is 0.253 e. The number of carbonyl (C=O) groups excluding carboxylic acids is 8. The van der Waals surface area contributed by atoms with Crippen LogP contribution in [0.1, 0.15) is 156 Å². The molecule has 2 saturated heterocycles. The molecular formula is C70H94N8O8. The lowest BCUT2D eigenvalue weighted by Crippen LogP contribution is -2.56. The average Bonchev–Trinajstić information content (AvgIpc) is 3.06. The van der Waals surface area contributed by atoms with Crippen molar-refractivity contribution in [2.24, 2.45) is 23.7 Å². The fraction of sp³-hybridized carbons (Fsp3) is 0.543. The Hall–Kier alpha value is -7.20. The maximum absolute atomic E-state index is 15.0. The van der Waals surface area contributed by atoms with Gasteiger partial charge in [-0.05, 0) is 130 Å². The molecule has 4 fully saturated rings. The minimum atomic E-state index is -0.701. The molecule has 0 aromatic heterocycles. The maximum Gasteiger partial charge on any atom is 0.253 e. The Morgan fingerprint density at radius 2 is 0.988 bits per heavy atom. The molecule has 8 rings (SSSR count). The fourth-order valence-electron chi connectivity index (χ4n) is 13.6. The summed E-state index contributed by atoms with van der Waals surface area (Å²) >= 11 is 0. The monoisotopic (exact) mass is 1170 g/mol. The van der Waals surface area contributed by atoms with Crippen molar-refractivity contribution in [1.82, 2.24) is 40.9 Å². The number of benzene rings is 4. The van der Waals surface area contributed by atoms with Crippen molar-refractivity contribution in [3.05, 3.63) is 131 Å². The predicted octanol–water partition coefficient (Wildman–Crippen LogP) is 8.81. The van der Waals surface area contributed by atoms with E-state index in [0.29, 0.717) is 62.9 Å². The van der Waals surface area contributed by atoms with Gasteiger partial charge in [0.15, 0.2) is 0 Å². The third kappa shape index (κ3) is 17.5. The molecule has 0 bridgehead atoms. The van der Waals surface area contributed by atoms with E-state index in [4.69, 9.17) is 0 Å². The van der Waals surface area contributed by atoms with Crippen molar-refractivity contribution < 1.29 is 38.4 Å². The lowest BCUT2D eigenvalue weighted by molar-refractivity contribution is -0.142. The summed E-state index contributed by atoms with van der Waals surface area (Å²) in [6.45, 7) is 10.4. The van der Waals surface area contributed by atoms with Gasteiger partial charge in [-0.25, -0.2) is 0 Å². The van der Waals surface area contributed by atoms with Gasteiger partial charge < -0.3 is 40.9 Å². The number of rotatable bonds is 26. The van der Waals surface area contributed by atoms with E-state index in [2.05, 4.69) is 21.3 Å². The highest BCUT2D eigenvalue weighted by Gasteiger charge is 2.45. The number of nitrogens with one attached hydrogen (secondary N) is 4. The van der Waals surface area contributed by atoms with Crippen molar-refractivity contribution in [2.45, 2.75) is 174 Å². The average molecular weight is 1180 g/mol. The van der Waals surface area contributed by atoms with Crippen LogP contribution in [0.4, 0.5) is 0 Å². The molecule has 0 spiro atoms. The number of hydrogen-bond acceptors (Lipinski definition) is 9. The predicted molar refractivity (Wildman–Crippen MR) is 336 cm³/mol. The van der Waals surface area contributed by atoms with Crippen molar-refractivity contribution in [2.75, 3.05) is 46.3 Å². The van der Waals surface area contributed by atoms with Crippen LogP contribution in [0.25, 0.3) is 11.1 Å². The van der Waals surface area contributed by atoms with Crippen LogP contribution in [0, 0.1) is 23.7 Å². The SMILES string of the molecule is CC[C@@H](C)C(=O)N[C@H](C(=O)N1C[C@@H](NC(C)=O)C[C@H]1CN(CCc1ccccc1)C(=O)c1ccc(-c2ccc(C(=O)N(CCc3ccccc3)C[C@@H]3C[C@H](NC(C)=O)CN3C(=O)[C@@H](CC(=O)[C@H](C)NC)C3CCCCC3)cc2)cc1)C1CCCCC1. The second-order valence-corrected chi connectivity index (χ2v) is 25.1. The largest absolute Gasteiger partial charge is 0.352 e. The van der Waals surface area contributed by atoms with Gasteiger partial charge in [-0.3, -0.25) is 38.4 Å². The molecule has 86 heavy (non-hydrogen) atoms. The third-order valence-corrected chi connectivity index (χ3v) is 18.9. The van der Waals surface area contributed by atoms with Gasteiger partial charge in [0.05, 0.1) is 18.1 Å². The number of likely N-dealkylation sites (tertiary alicyclic amines) is 2. The fourth-order valence-corrected chi connectivity index (χ4v) is 13.6. The van der Waals surface area contributed by atoms with Crippen LogP contribution >= 0.6 is 0 Å². The van der Waals surface area contributed by atoms with E-state index < -0.39 is 30.1 Å². The highest BCUT2D eigenvalue weighted by atomic mass is 16.2. The molecule has 2 aliphatic carbocycles. The molecule has 4 aliphatic rings. The van der Waals surface area contributed by atoms with Gasteiger partial charge in [0, 0.05) is 94.6 Å². The summed E-state index contributed by atoms with van der Waals surface area (Å²) in [5, 5.41) is 12.4. The number of Topliss-reactive ketones (excluding diaryl/α,β-unsaturated/α-hetero) is 1. The molecule has 462 valence electrons. The molecule has 4 aromatic rings. The van der Waals surface area contributed by atoms with Crippen LogP contribution in [0.15, 0.2) is 109 Å². The number of hydrogen-bond donors (Lipinski definition) is 4. The van der Waals surface area contributed by atoms with E-state index >= 15 is 4.79 Å². The first-order valence-electron chi connectivity index (χ1n) is 32.0. The lowest BCUT2D eigenvalue weighted by atomic mass is 9.76. The van der Waals surface area contributed by atoms with E-state index in [9.17, 15) is 33.6 Å². The topological polar surface area (TPSA) is 198 Å². The molecule has 16 heteroatoms. The van der Waals surface area contributed by atoms with Crippen molar-refractivity contribution in [3.8, 4) is 11.1 Å². The zero-order chi connectivity index (χ0) is 61.3. The molecule has 16 nitrogen and oxygen atoms in total. The van der Waals surface area contributed by atoms with E-state index in [-0.39, 0.29) is 103 Å². The third-order valence-electron chi connectivity index (χ3n) is 18.9. The first-order chi connectivity index (χ1) is 41.5. The highest BCUT2D eigenvalue weighted by Crippen LogP contribution is 2.36. The Kier molecular flexibility index (Phi) is 23.7. The van der Waals surface area contributed by atoms with Crippen LogP contribution in [0.5, 0.6) is 0 Å². The standard InChI is InChI=1S/C70H94N8O8/c1-7-47(2)66(82)74-65(56-26-18-11-19-27-56)70(86)78-44-60(73-50(5)80)41-62(78)46-76(39-37-52-22-14-9-15-23-52)68(84)58-34-30-54(31-35-58)53-28-32-57(33-29-53)67(83)75(38-36-51-20-12-8-13-21-51)45-61-40-59(72-49(4)79)43-77(61)69(85)63(42-64(81)48(3)71-6)55-24-16-10-17-25-55/h8-9,12-15,20-23,28-35,47-48,55-56,59-63,65,71H,7,10-11,16-19,24-27,36-46H2,1-6H3,(H,72,79)(H,73,80)(H,74,82)/t47-,48+,59+,60+,61+,62+,63+,65+/m1/s1. The first kappa shape index (κ1) is 64.8. The summed E-state index contributed by atoms with van der Waals surface area (Å²) in [6.07, 6.45) is 12.6. The van der Waals surface area contributed by atoms with Crippen molar-refractivity contribution in [3.63, 3.8) is 0 Å². The Labute approximate surface area is 510 Å². The molecule has 2 aliphatic heterocycles. The summed E-state index contributed by atoms with van der Waals surface area (Å²) in [4.78, 5) is 119. The second kappa shape index (κ2) is 31.4. The first-order valence-corrected chi connectivity index (χ1v) is 32.0. The van der Waals surface area contributed by atoms with Gasteiger partial charge in [0.2, 0.25) is 29.5 Å². The van der Waals surface area contributed by atoms with Gasteiger partial charge in [-0.15, -0.1) is 0 Å². The zero-order valence-corrected chi connectivity index (χ0v) is 51.8. The molecule has 2 heterocycles. The van der Waals surface area contributed by atoms with Gasteiger partial charge in [0.25, 0.3) is 11.8 Å². The second-order valence-electron chi connectivity index (χ2n) is 25.1. The number of nitrogens with zero attached hydrogens (tertiary/aromatic N) is 4. The molecule has 7 amide bonds. The number of ketones is 1. The van der Waals surface area contributed by atoms with Crippen LogP contribution in [-0.2, 0) is 41.6 Å². The van der Waals surface area contributed by atoms with E-state index in [0.717, 1.165) is 86.5 Å². The van der Waals surface area contributed by atoms with E-state index in [1.807, 2.05) is 150 Å². The molecule has 2 saturated carbocycles. The Bertz CT molecular complexity index is 2710. The molecule has 0 radical (unpaired) electrons. The maximum atomic E-state index is 15.0. The number of carbonyl (C=O) groups is 8. The van der Waals surface area contributed by atoms with E-state index in [1.165, 1.54) is 13.8 Å². The lowest BCUT2D eigenvalue weighted by Gasteiger charge is -2.37. The number of likely N-dealkylation sites (N-methyl/N-ethyl adjacent to an activating group) is 1. The summed E-state index contributed by atoms with van der Waals surface area (Å²) in [5.74, 6) is -1.81. The molecule has 4 N–H and O–H groups in total.